The van der Waals surface area contributed by atoms with Gasteiger partial charge < -0.3 is 11.1 Å². The Morgan fingerprint density at radius 1 is 1.41 bits per heavy atom. The molecule has 0 saturated heterocycles. The summed E-state index contributed by atoms with van der Waals surface area (Å²) in [7, 11) is 0. The summed E-state index contributed by atoms with van der Waals surface area (Å²) in [5, 5.41) is 2.75. The monoisotopic (exact) mass is 238 g/mol. The quantitative estimate of drug-likeness (QED) is 0.823. The third kappa shape index (κ3) is 4.15. The standard InChI is InChI=1S/C13H19FN2O/c1-3-9(2)12(15)8-16-13(17)10-4-6-11(14)7-5-10/h4-7,9,12H,3,8,15H2,1-2H3,(H,16,17)/t9-,12+/m0/s1. The van der Waals surface area contributed by atoms with Crippen molar-refractivity contribution in [2.75, 3.05) is 6.54 Å². The van der Waals surface area contributed by atoms with Crippen molar-refractivity contribution in [3.05, 3.63) is 35.6 Å². The molecule has 3 N–H and O–H groups in total. The van der Waals surface area contributed by atoms with Gasteiger partial charge in [0, 0.05) is 18.2 Å². The van der Waals surface area contributed by atoms with E-state index in [1.54, 1.807) is 0 Å². The zero-order chi connectivity index (χ0) is 12.8. The van der Waals surface area contributed by atoms with Crippen LogP contribution >= 0.6 is 0 Å². The van der Waals surface area contributed by atoms with Gasteiger partial charge in [-0.3, -0.25) is 4.79 Å². The fourth-order valence-electron chi connectivity index (χ4n) is 1.42. The number of hydrogen-bond donors (Lipinski definition) is 2. The minimum atomic E-state index is -0.349. The molecule has 1 rings (SSSR count). The van der Waals surface area contributed by atoms with Gasteiger partial charge in [0.2, 0.25) is 0 Å². The molecule has 0 aromatic heterocycles. The maximum atomic E-state index is 12.7. The maximum absolute atomic E-state index is 12.7. The number of nitrogens with two attached hydrogens (primary N) is 1. The molecule has 0 aliphatic heterocycles. The molecule has 1 aromatic carbocycles. The van der Waals surface area contributed by atoms with Crippen LogP contribution in [0.25, 0.3) is 0 Å². The Hall–Kier alpha value is -1.42. The number of benzene rings is 1. The molecule has 94 valence electrons. The summed E-state index contributed by atoms with van der Waals surface area (Å²) in [4.78, 5) is 11.7. The van der Waals surface area contributed by atoms with Crippen LogP contribution in [-0.2, 0) is 0 Å². The molecule has 0 aliphatic carbocycles. The van der Waals surface area contributed by atoms with Crippen molar-refractivity contribution >= 4 is 5.91 Å². The van der Waals surface area contributed by atoms with Gasteiger partial charge in [-0.2, -0.15) is 0 Å². The Morgan fingerprint density at radius 3 is 2.53 bits per heavy atom. The first-order chi connectivity index (χ1) is 8.04. The van der Waals surface area contributed by atoms with Gasteiger partial charge >= 0.3 is 0 Å². The summed E-state index contributed by atoms with van der Waals surface area (Å²) < 4.78 is 12.7. The van der Waals surface area contributed by atoms with Crippen LogP contribution in [0.1, 0.15) is 30.6 Å². The van der Waals surface area contributed by atoms with Crippen molar-refractivity contribution in [3.8, 4) is 0 Å². The number of nitrogens with one attached hydrogen (secondary N) is 1. The van der Waals surface area contributed by atoms with E-state index in [9.17, 15) is 9.18 Å². The molecule has 3 nitrogen and oxygen atoms in total. The number of halogens is 1. The van der Waals surface area contributed by atoms with E-state index in [1.165, 1.54) is 24.3 Å². The average Bonchev–Trinajstić information content (AvgIpc) is 2.35. The molecule has 1 amide bonds. The molecular weight excluding hydrogens is 219 g/mol. The van der Waals surface area contributed by atoms with E-state index in [0.29, 0.717) is 18.0 Å². The van der Waals surface area contributed by atoms with Crippen molar-refractivity contribution in [2.24, 2.45) is 11.7 Å². The van der Waals surface area contributed by atoms with Crippen LogP contribution in [0.4, 0.5) is 4.39 Å². The first kappa shape index (κ1) is 13.6. The molecule has 17 heavy (non-hydrogen) atoms. The normalized spacial score (nSPS) is 14.1. The van der Waals surface area contributed by atoms with Crippen molar-refractivity contribution in [1.82, 2.24) is 5.32 Å². The Balaban J connectivity index is 2.47. The van der Waals surface area contributed by atoms with Gasteiger partial charge in [0.25, 0.3) is 5.91 Å². The van der Waals surface area contributed by atoms with Gasteiger partial charge in [-0.05, 0) is 30.2 Å². The molecule has 4 heteroatoms. The van der Waals surface area contributed by atoms with Crippen LogP contribution in [0.2, 0.25) is 0 Å². The molecule has 0 radical (unpaired) electrons. The average molecular weight is 238 g/mol. The summed E-state index contributed by atoms with van der Waals surface area (Å²) in [6.45, 7) is 4.55. The maximum Gasteiger partial charge on any atom is 0.251 e. The van der Waals surface area contributed by atoms with Gasteiger partial charge in [-0.1, -0.05) is 20.3 Å². The number of amides is 1. The van der Waals surface area contributed by atoms with E-state index in [1.807, 2.05) is 0 Å². The topological polar surface area (TPSA) is 55.1 Å². The fraction of sp³-hybridized carbons (Fsp3) is 0.462. The minimum Gasteiger partial charge on any atom is -0.350 e. The third-order valence-electron chi connectivity index (χ3n) is 2.98. The first-order valence-corrected chi connectivity index (χ1v) is 5.84. The van der Waals surface area contributed by atoms with E-state index in [4.69, 9.17) is 5.73 Å². The fourth-order valence-corrected chi connectivity index (χ4v) is 1.42. The van der Waals surface area contributed by atoms with Crippen LogP contribution in [0, 0.1) is 11.7 Å². The highest BCUT2D eigenvalue weighted by Crippen LogP contribution is 2.05. The van der Waals surface area contributed by atoms with E-state index < -0.39 is 0 Å². The molecule has 0 unspecified atom stereocenters. The van der Waals surface area contributed by atoms with Gasteiger partial charge in [-0.15, -0.1) is 0 Å². The van der Waals surface area contributed by atoms with Gasteiger partial charge in [0.15, 0.2) is 0 Å². The number of carbonyl (C=O) groups excluding carboxylic acids is 1. The molecule has 0 fully saturated rings. The van der Waals surface area contributed by atoms with E-state index in [0.717, 1.165) is 6.42 Å². The van der Waals surface area contributed by atoms with E-state index in [2.05, 4.69) is 19.2 Å². The van der Waals surface area contributed by atoms with Crippen molar-refractivity contribution < 1.29 is 9.18 Å². The summed E-state index contributed by atoms with van der Waals surface area (Å²) in [6, 6.07) is 5.40. The first-order valence-electron chi connectivity index (χ1n) is 5.84. The molecule has 0 bridgehead atoms. The Bertz CT molecular complexity index is 364. The van der Waals surface area contributed by atoms with Gasteiger partial charge in [0.05, 0.1) is 0 Å². The zero-order valence-electron chi connectivity index (χ0n) is 10.2. The number of rotatable bonds is 5. The van der Waals surface area contributed by atoms with E-state index >= 15 is 0 Å². The lowest BCUT2D eigenvalue weighted by molar-refractivity contribution is 0.0948. The Kier molecular flexibility index (Phi) is 5.10. The predicted octanol–water partition coefficient (Wildman–Crippen LogP) is 1.93. The van der Waals surface area contributed by atoms with Crippen LogP contribution in [0.15, 0.2) is 24.3 Å². The van der Waals surface area contributed by atoms with Crippen molar-refractivity contribution in [2.45, 2.75) is 26.3 Å². The second-order valence-electron chi connectivity index (χ2n) is 4.27. The molecular formula is C13H19FN2O. The lowest BCUT2D eigenvalue weighted by Crippen LogP contribution is -2.41. The Labute approximate surface area is 101 Å². The number of hydrogen-bond acceptors (Lipinski definition) is 2. The third-order valence-corrected chi connectivity index (χ3v) is 2.98. The SMILES string of the molecule is CC[C@H](C)[C@H](N)CNC(=O)c1ccc(F)cc1. The lowest BCUT2D eigenvalue weighted by Gasteiger charge is -2.18. The molecule has 0 aliphatic rings. The smallest absolute Gasteiger partial charge is 0.251 e. The molecule has 1 aromatic rings. The summed E-state index contributed by atoms with van der Waals surface area (Å²) in [5.41, 5.74) is 6.35. The predicted molar refractivity (Wildman–Crippen MR) is 66.2 cm³/mol. The van der Waals surface area contributed by atoms with Crippen molar-refractivity contribution in [3.63, 3.8) is 0 Å². The van der Waals surface area contributed by atoms with Crippen molar-refractivity contribution in [1.29, 1.82) is 0 Å². The highest BCUT2D eigenvalue weighted by atomic mass is 19.1. The van der Waals surface area contributed by atoms with Crippen LogP contribution in [0.3, 0.4) is 0 Å². The van der Waals surface area contributed by atoms with Crippen LogP contribution in [0.5, 0.6) is 0 Å². The molecule has 0 saturated carbocycles. The van der Waals surface area contributed by atoms with Crippen LogP contribution < -0.4 is 11.1 Å². The highest BCUT2D eigenvalue weighted by molar-refractivity contribution is 5.94. The molecule has 0 spiro atoms. The largest absolute Gasteiger partial charge is 0.350 e. The Morgan fingerprint density at radius 2 is 2.00 bits per heavy atom. The second-order valence-corrected chi connectivity index (χ2v) is 4.27. The lowest BCUT2D eigenvalue weighted by atomic mass is 10.00. The molecule has 2 atom stereocenters. The summed E-state index contributed by atoms with van der Waals surface area (Å²) >= 11 is 0. The zero-order valence-corrected chi connectivity index (χ0v) is 10.2. The second kappa shape index (κ2) is 6.35. The molecule has 0 heterocycles. The van der Waals surface area contributed by atoms with Gasteiger partial charge in [0.1, 0.15) is 5.82 Å². The highest BCUT2D eigenvalue weighted by Gasteiger charge is 2.12. The van der Waals surface area contributed by atoms with E-state index in [-0.39, 0.29) is 17.8 Å². The van der Waals surface area contributed by atoms with Gasteiger partial charge in [-0.25, -0.2) is 4.39 Å². The number of carbonyl (C=O) groups is 1. The summed E-state index contributed by atoms with van der Waals surface area (Å²) in [6.07, 6.45) is 0.980. The minimum absolute atomic E-state index is 0.0515. The summed E-state index contributed by atoms with van der Waals surface area (Å²) in [5.74, 6) is -0.204. The van der Waals surface area contributed by atoms with Crippen LogP contribution in [-0.4, -0.2) is 18.5 Å².